The Bertz CT molecular complexity index is 2580. The number of aryl methyl sites for hydroxylation is 1. The third kappa shape index (κ3) is 4.70. The van der Waals surface area contributed by atoms with Crippen molar-refractivity contribution >= 4 is 32.6 Å². The number of benzene rings is 8. The molecule has 2 heteroatoms. The van der Waals surface area contributed by atoms with Crippen molar-refractivity contribution in [1.29, 1.82) is 0 Å². The minimum absolute atomic E-state index is 0.943. The van der Waals surface area contributed by atoms with E-state index in [1.54, 1.807) is 0 Å². The van der Waals surface area contributed by atoms with Crippen molar-refractivity contribution in [1.82, 2.24) is 9.55 Å². The topological polar surface area (TPSA) is 17.8 Å². The van der Waals surface area contributed by atoms with E-state index >= 15 is 0 Å². The number of rotatable bonds is 5. The molecule has 9 aromatic rings. The number of aromatic nitrogens is 2. The van der Waals surface area contributed by atoms with Crippen molar-refractivity contribution in [2.45, 2.75) is 6.92 Å². The van der Waals surface area contributed by atoms with Crippen LogP contribution in [0.2, 0.25) is 0 Å². The molecule has 0 unspecified atom stereocenters. The van der Waals surface area contributed by atoms with Gasteiger partial charge in [0.2, 0.25) is 0 Å². The normalized spacial score (nSPS) is 11.4. The van der Waals surface area contributed by atoms with Crippen LogP contribution in [0.1, 0.15) is 5.56 Å². The number of nitrogens with zero attached hydrogens (tertiary/aromatic N) is 2. The highest BCUT2D eigenvalue weighted by Gasteiger charge is 2.18. The Morgan fingerprint density at radius 3 is 1.58 bits per heavy atom. The first-order valence-corrected chi connectivity index (χ1v) is 16.5. The van der Waals surface area contributed by atoms with Crippen LogP contribution in [0.5, 0.6) is 0 Å². The zero-order valence-electron chi connectivity index (χ0n) is 26.6. The maximum atomic E-state index is 5.06. The monoisotopic (exact) mass is 612 g/mol. The molecular weight excluding hydrogens is 581 g/mol. The van der Waals surface area contributed by atoms with Gasteiger partial charge < -0.3 is 0 Å². The van der Waals surface area contributed by atoms with Crippen LogP contribution in [0, 0.1) is 6.92 Å². The average molecular weight is 613 g/mol. The second kappa shape index (κ2) is 11.5. The van der Waals surface area contributed by atoms with Gasteiger partial charge in [0.05, 0.1) is 11.0 Å². The first-order chi connectivity index (χ1) is 23.7. The molecule has 0 atom stereocenters. The lowest BCUT2D eigenvalue weighted by molar-refractivity contribution is 1.10. The van der Waals surface area contributed by atoms with Gasteiger partial charge in [-0.3, -0.25) is 4.57 Å². The van der Waals surface area contributed by atoms with E-state index in [1.807, 2.05) is 6.07 Å². The Kier molecular flexibility index (Phi) is 6.72. The van der Waals surface area contributed by atoms with Crippen LogP contribution >= 0.6 is 0 Å². The van der Waals surface area contributed by atoms with E-state index in [9.17, 15) is 0 Å². The summed E-state index contributed by atoms with van der Waals surface area (Å²) in [5, 5.41) is 5.04. The summed E-state index contributed by atoms with van der Waals surface area (Å²) in [5.74, 6) is 0.943. The molecule has 0 aliphatic carbocycles. The summed E-state index contributed by atoms with van der Waals surface area (Å²) in [6.07, 6.45) is 0. The molecule has 0 bridgehead atoms. The molecule has 8 aromatic carbocycles. The van der Waals surface area contributed by atoms with Crippen molar-refractivity contribution in [3.8, 4) is 50.5 Å². The van der Waals surface area contributed by atoms with Crippen molar-refractivity contribution in [2.24, 2.45) is 0 Å². The Morgan fingerprint density at radius 1 is 0.396 bits per heavy atom. The molecule has 0 radical (unpaired) electrons. The molecule has 0 N–H and O–H groups in total. The largest absolute Gasteiger partial charge is 0.292 e. The van der Waals surface area contributed by atoms with E-state index in [0.29, 0.717) is 0 Å². The van der Waals surface area contributed by atoms with Crippen molar-refractivity contribution < 1.29 is 0 Å². The fourth-order valence-corrected chi connectivity index (χ4v) is 7.22. The van der Waals surface area contributed by atoms with Gasteiger partial charge in [-0.05, 0) is 86.1 Å². The lowest BCUT2D eigenvalue weighted by Crippen LogP contribution is -1.98. The molecule has 0 aliphatic heterocycles. The molecule has 2 nitrogen and oxygen atoms in total. The summed E-state index contributed by atoms with van der Waals surface area (Å²) >= 11 is 0. The Morgan fingerprint density at radius 2 is 0.896 bits per heavy atom. The van der Waals surface area contributed by atoms with Gasteiger partial charge in [0.15, 0.2) is 0 Å². The number of hydrogen-bond donors (Lipinski definition) is 0. The molecule has 0 amide bonds. The summed E-state index contributed by atoms with van der Waals surface area (Å²) in [6, 6.07) is 63.2. The summed E-state index contributed by atoms with van der Waals surface area (Å²) in [7, 11) is 0. The van der Waals surface area contributed by atoms with E-state index in [2.05, 4.69) is 181 Å². The molecule has 1 aromatic heterocycles. The maximum Gasteiger partial charge on any atom is 0.145 e. The van der Waals surface area contributed by atoms with Crippen LogP contribution in [0.15, 0.2) is 176 Å². The highest BCUT2D eigenvalue weighted by atomic mass is 15.1. The molecule has 0 fully saturated rings. The molecule has 0 saturated carbocycles. The summed E-state index contributed by atoms with van der Waals surface area (Å²) in [4.78, 5) is 5.06. The summed E-state index contributed by atoms with van der Waals surface area (Å²) in [6.45, 7) is 2.19. The van der Waals surface area contributed by atoms with Gasteiger partial charge in [0.25, 0.3) is 0 Å². The third-order valence-electron chi connectivity index (χ3n) is 9.47. The minimum atomic E-state index is 0.943. The molecule has 0 aliphatic rings. The smallest absolute Gasteiger partial charge is 0.145 e. The second-order valence-electron chi connectivity index (χ2n) is 12.5. The minimum Gasteiger partial charge on any atom is -0.292 e. The van der Waals surface area contributed by atoms with Crippen LogP contribution in [0.3, 0.4) is 0 Å². The second-order valence-corrected chi connectivity index (χ2v) is 12.5. The van der Waals surface area contributed by atoms with Crippen molar-refractivity contribution in [3.05, 3.63) is 181 Å². The number of imidazole rings is 1. The SMILES string of the molecule is Cc1ccc2c(-c3ccc(-c4ccccc4)cc3)c3ccccc3c(-c3ccc(-n4c(-c5ccccc5)nc5ccccc54)cc3)c2c1. The zero-order chi connectivity index (χ0) is 32.0. The lowest BCUT2D eigenvalue weighted by Gasteiger charge is -2.19. The van der Waals surface area contributed by atoms with Crippen molar-refractivity contribution in [2.75, 3.05) is 0 Å². The fourth-order valence-electron chi connectivity index (χ4n) is 7.22. The van der Waals surface area contributed by atoms with E-state index in [0.717, 1.165) is 28.1 Å². The molecule has 0 saturated heterocycles. The van der Waals surface area contributed by atoms with E-state index < -0.39 is 0 Å². The van der Waals surface area contributed by atoms with Crippen LogP contribution < -0.4 is 0 Å². The van der Waals surface area contributed by atoms with Crippen molar-refractivity contribution in [3.63, 3.8) is 0 Å². The maximum absolute atomic E-state index is 5.06. The Labute approximate surface area is 280 Å². The number of hydrogen-bond acceptors (Lipinski definition) is 1. The van der Waals surface area contributed by atoms with Gasteiger partial charge in [-0.15, -0.1) is 0 Å². The molecule has 9 rings (SSSR count). The number of fused-ring (bicyclic) bond motifs is 3. The van der Waals surface area contributed by atoms with E-state index in [-0.39, 0.29) is 0 Å². The highest BCUT2D eigenvalue weighted by Crippen LogP contribution is 2.44. The van der Waals surface area contributed by atoms with Crippen LogP contribution in [-0.4, -0.2) is 9.55 Å². The van der Waals surface area contributed by atoms with Gasteiger partial charge in [0.1, 0.15) is 5.82 Å². The molecule has 1 heterocycles. The van der Waals surface area contributed by atoms with E-state index in [4.69, 9.17) is 4.98 Å². The highest BCUT2D eigenvalue weighted by molar-refractivity contribution is 6.21. The summed E-state index contributed by atoms with van der Waals surface area (Å²) < 4.78 is 2.27. The van der Waals surface area contributed by atoms with Gasteiger partial charge in [-0.1, -0.05) is 157 Å². The molecular formula is C46H32N2. The van der Waals surface area contributed by atoms with Gasteiger partial charge in [0, 0.05) is 11.3 Å². The summed E-state index contributed by atoms with van der Waals surface area (Å²) in [5.41, 5.74) is 12.9. The van der Waals surface area contributed by atoms with E-state index in [1.165, 1.54) is 60.5 Å². The predicted molar refractivity (Wildman–Crippen MR) is 203 cm³/mol. The Balaban J connectivity index is 1.22. The van der Waals surface area contributed by atoms with Crippen LogP contribution in [0.25, 0.3) is 83.0 Å². The van der Waals surface area contributed by atoms with Gasteiger partial charge >= 0.3 is 0 Å². The standard InChI is InChI=1S/C46H32N2/c1-31-20-29-40-41(30-31)45(39-17-9-8-16-38(39)44(40)34-23-21-33(22-24-34)32-12-4-2-5-13-32)35-25-27-37(28-26-35)48-43-19-11-10-18-42(43)47-46(48)36-14-6-3-7-15-36/h2-30H,1H3. The fraction of sp³-hybridized carbons (Fsp3) is 0.0217. The number of para-hydroxylation sites is 2. The molecule has 0 spiro atoms. The van der Waals surface area contributed by atoms with Gasteiger partial charge in [-0.25, -0.2) is 4.98 Å². The lowest BCUT2D eigenvalue weighted by atomic mass is 9.85. The first-order valence-electron chi connectivity index (χ1n) is 16.5. The molecule has 226 valence electrons. The first kappa shape index (κ1) is 28.0. The Hall–Kier alpha value is -6.25. The molecule has 48 heavy (non-hydrogen) atoms. The van der Waals surface area contributed by atoms with Crippen LogP contribution in [-0.2, 0) is 0 Å². The zero-order valence-corrected chi connectivity index (χ0v) is 26.6. The van der Waals surface area contributed by atoms with Gasteiger partial charge in [-0.2, -0.15) is 0 Å². The average Bonchev–Trinajstić information content (AvgIpc) is 3.55. The van der Waals surface area contributed by atoms with Crippen LogP contribution in [0.4, 0.5) is 0 Å². The quantitative estimate of drug-likeness (QED) is 0.177. The predicted octanol–water partition coefficient (Wildman–Crippen LogP) is 12.3. The third-order valence-corrected chi connectivity index (χ3v) is 9.47.